The quantitative estimate of drug-likeness (QED) is 0.516. The van der Waals surface area contributed by atoms with Gasteiger partial charge in [0.05, 0.1) is 0 Å². The average Bonchev–Trinajstić information content (AvgIpc) is 1.27. The second kappa shape index (κ2) is 6.47. The minimum absolute atomic E-state index is 1.44. The first kappa shape index (κ1) is 12.1. The molecular weight excluding hydrogens is 319 g/mol. The van der Waals surface area contributed by atoms with Crippen molar-refractivity contribution in [2.75, 3.05) is 0 Å². The van der Waals surface area contributed by atoms with Crippen LogP contribution in [0.1, 0.15) is 0 Å². The van der Waals surface area contributed by atoms with Gasteiger partial charge in [-0.15, -0.1) is 0 Å². The molecule has 0 fully saturated rings. The van der Waals surface area contributed by atoms with Gasteiger partial charge in [0.15, 0.2) is 0 Å². The third kappa shape index (κ3) is 163. The van der Waals surface area contributed by atoms with E-state index in [1.165, 1.54) is 11.3 Å². The molecule has 8 heavy (non-hydrogen) atoms. The molecule has 0 atom stereocenters. The molecular formula is H2Br2CuO4S. The predicted octanol–water partition coefficient (Wildman–Crippen LogP) is 1.04. The van der Waals surface area contributed by atoms with Gasteiger partial charge in [0, 0.05) is 0 Å². The Balaban J connectivity index is 0. The average molecular weight is 321 g/mol. The van der Waals surface area contributed by atoms with E-state index in [0.717, 1.165) is 0 Å². The molecule has 0 aliphatic rings. The summed E-state index contributed by atoms with van der Waals surface area (Å²) in [7, 11) is -4.67. The van der Waals surface area contributed by atoms with Gasteiger partial charge in [-0.3, -0.25) is 9.11 Å². The van der Waals surface area contributed by atoms with Gasteiger partial charge in [-0.25, -0.2) is 0 Å². The summed E-state index contributed by atoms with van der Waals surface area (Å²) in [6, 6.07) is 0. The van der Waals surface area contributed by atoms with E-state index < -0.39 is 10.4 Å². The van der Waals surface area contributed by atoms with Crippen LogP contribution >= 0.6 is 28.2 Å². The molecule has 0 saturated heterocycles. The van der Waals surface area contributed by atoms with Gasteiger partial charge in [-0.2, -0.15) is 8.42 Å². The summed E-state index contributed by atoms with van der Waals surface area (Å²) in [6.45, 7) is 0. The summed E-state index contributed by atoms with van der Waals surface area (Å²) >= 11 is 7.38. The second-order valence-corrected chi connectivity index (χ2v) is 6.14. The zero-order valence-corrected chi connectivity index (χ0v) is 8.11. The minimum atomic E-state index is -4.67. The van der Waals surface area contributed by atoms with Gasteiger partial charge in [-0.1, -0.05) is 0 Å². The summed E-state index contributed by atoms with van der Waals surface area (Å²) in [5, 5.41) is 0. The monoisotopic (exact) mass is 319 g/mol. The van der Waals surface area contributed by atoms with Crippen molar-refractivity contribution < 1.29 is 28.9 Å². The first-order valence-corrected chi connectivity index (χ1v) is 6.98. The van der Waals surface area contributed by atoms with E-state index in [4.69, 9.17) is 17.5 Å². The third-order valence-corrected chi connectivity index (χ3v) is 0. The van der Waals surface area contributed by atoms with Crippen molar-refractivity contribution in [3.05, 3.63) is 0 Å². The molecule has 0 amide bonds. The zero-order chi connectivity index (χ0) is 7.21. The Bertz CT molecular complexity index is 108. The number of hydrogen-bond acceptors (Lipinski definition) is 2. The van der Waals surface area contributed by atoms with Crippen molar-refractivity contribution >= 4 is 38.6 Å². The van der Waals surface area contributed by atoms with Crippen LogP contribution in [0.15, 0.2) is 0 Å². The van der Waals surface area contributed by atoms with Gasteiger partial charge < -0.3 is 0 Å². The van der Waals surface area contributed by atoms with Crippen LogP contribution in [0.5, 0.6) is 0 Å². The molecule has 0 heterocycles. The molecule has 0 radical (unpaired) electrons. The Morgan fingerprint density at radius 2 is 1.25 bits per heavy atom. The fourth-order valence-electron chi connectivity index (χ4n) is 0. The first-order chi connectivity index (χ1) is 3.41. The molecule has 0 rings (SSSR count). The number of hydrogen-bond donors (Lipinski definition) is 2. The maximum atomic E-state index is 8.74. The van der Waals surface area contributed by atoms with Crippen molar-refractivity contribution in [1.82, 2.24) is 0 Å². The van der Waals surface area contributed by atoms with Crippen molar-refractivity contribution in [2.45, 2.75) is 0 Å². The number of rotatable bonds is 0. The summed E-state index contributed by atoms with van der Waals surface area (Å²) in [6.07, 6.45) is 0. The van der Waals surface area contributed by atoms with Gasteiger partial charge in [-0.05, 0) is 0 Å². The van der Waals surface area contributed by atoms with Crippen LogP contribution < -0.4 is 0 Å². The van der Waals surface area contributed by atoms with E-state index in [1.54, 1.807) is 0 Å². The van der Waals surface area contributed by atoms with Crippen molar-refractivity contribution in [2.24, 2.45) is 0 Å². The van der Waals surface area contributed by atoms with Crippen LogP contribution in [-0.4, -0.2) is 17.5 Å². The Morgan fingerprint density at radius 1 is 1.25 bits per heavy atom. The third-order valence-electron chi connectivity index (χ3n) is 0. The van der Waals surface area contributed by atoms with E-state index in [0.29, 0.717) is 0 Å². The van der Waals surface area contributed by atoms with Crippen molar-refractivity contribution in [1.29, 1.82) is 0 Å². The second-order valence-electron chi connectivity index (χ2n) is 0.491. The summed E-state index contributed by atoms with van der Waals surface area (Å²) in [5.41, 5.74) is 0. The molecule has 57 valence electrons. The van der Waals surface area contributed by atoms with Gasteiger partial charge in [0.1, 0.15) is 0 Å². The van der Waals surface area contributed by atoms with Gasteiger partial charge in [0.25, 0.3) is 0 Å². The van der Waals surface area contributed by atoms with Crippen molar-refractivity contribution in [3.8, 4) is 0 Å². The molecule has 0 aromatic heterocycles. The molecule has 4 nitrogen and oxygen atoms in total. The molecule has 0 unspecified atom stereocenters. The summed E-state index contributed by atoms with van der Waals surface area (Å²) in [4.78, 5) is 0. The Hall–Kier alpha value is 1.35. The molecule has 2 N–H and O–H groups in total. The molecule has 8 heteroatoms. The van der Waals surface area contributed by atoms with Crippen molar-refractivity contribution in [3.63, 3.8) is 0 Å². The number of halogens is 2. The summed E-state index contributed by atoms with van der Waals surface area (Å²) < 4.78 is 31.6. The zero-order valence-electron chi connectivity index (χ0n) is 3.18. The fraction of sp³-hybridized carbons (Fsp3) is 0. The maximum absolute atomic E-state index is 8.74. The predicted molar refractivity (Wildman–Crippen MR) is 32.0 cm³/mol. The van der Waals surface area contributed by atoms with Gasteiger partial charge >= 0.3 is 50.0 Å². The van der Waals surface area contributed by atoms with E-state index in [-0.39, 0.29) is 0 Å². The van der Waals surface area contributed by atoms with Crippen LogP contribution in [0.2, 0.25) is 0 Å². The van der Waals surface area contributed by atoms with E-state index in [9.17, 15) is 0 Å². The molecule has 0 bridgehead atoms. The Labute approximate surface area is 67.2 Å². The van der Waals surface area contributed by atoms with E-state index in [1.807, 2.05) is 0 Å². The Morgan fingerprint density at radius 3 is 1.25 bits per heavy atom. The van der Waals surface area contributed by atoms with E-state index >= 15 is 0 Å². The van der Waals surface area contributed by atoms with Crippen LogP contribution in [0.25, 0.3) is 0 Å². The fourth-order valence-corrected chi connectivity index (χ4v) is 0. The van der Waals surface area contributed by atoms with E-state index in [2.05, 4.69) is 28.2 Å². The normalized spacial score (nSPS) is 10.0. The SMILES string of the molecule is O=S(=O)(O)O.[Br][Cu][Br]. The molecule has 0 aliphatic heterocycles. The Kier molecular flexibility index (Phi) is 9.76. The van der Waals surface area contributed by atoms with Crippen LogP contribution in [-0.2, 0) is 21.7 Å². The topological polar surface area (TPSA) is 74.6 Å². The first-order valence-electron chi connectivity index (χ1n) is 0.926. The molecule has 0 saturated carbocycles. The molecule has 0 spiro atoms. The van der Waals surface area contributed by atoms with Crippen LogP contribution in [0, 0.1) is 0 Å². The standard InChI is InChI=1S/2BrH.Cu.H2O4S/c;;;1-5(2,3)4/h2*1H;;(H2,1,2,3,4)/q;;+2;/p-2. The summed E-state index contributed by atoms with van der Waals surface area (Å²) in [5.74, 6) is 0. The molecule has 0 aliphatic carbocycles. The molecule has 0 aromatic rings. The van der Waals surface area contributed by atoms with Crippen LogP contribution in [0.3, 0.4) is 0 Å². The molecule has 0 aromatic carbocycles. The van der Waals surface area contributed by atoms with Gasteiger partial charge in [0.2, 0.25) is 0 Å². The van der Waals surface area contributed by atoms with Crippen LogP contribution in [0.4, 0.5) is 0 Å².